The molecule has 1 aliphatic rings. The summed E-state index contributed by atoms with van der Waals surface area (Å²) in [5, 5.41) is 10.3. The van der Waals surface area contributed by atoms with Crippen molar-refractivity contribution in [3.8, 4) is 0 Å². The Balaban J connectivity index is 0.00000312. The first-order valence-electron chi connectivity index (χ1n) is 8.73. The monoisotopic (exact) mass is 478 g/mol. The minimum absolute atomic E-state index is 0. The summed E-state index contributed by atoms with van der Waals surface area (Å²) < 4.78 is 0. The van der Waals surface area contributed by atoms with Gasteiger partial charge in [0, 0.05) is 37.1 Å². The Labute approximate surface area is 172 Å². The van der Waals surface area contributed by atoms with Crippen LogP contribution in [-0.2, 0) is 11.2 Å². The molecule has 25 heavy (non-hydrogen) atoms. The largest absolute Gasteiger partial charge is 0.357 e. The van der Waals surface area contributed by atoms with E-state index in [0.29, 0.717) is 19.0 Å². The molecule has 1 saturated carbocycles. The second-order valence-electron chi connectivity index (χ2n) is 6.01. The molecule has 1 amide bonds. The Bertz CT molecular complexity index is 547. The van der Waals surface area contributed by atoms with Gasteiger partial charge in [-0.25, -0.2) is 0 Å². The van der Waals surface area contributed by atoms with Crippen molar-refractivity contribution in [3.63, 3.8) is 0 Å². The maximum atomic E-state index is 11.6. The SMILES string of the molecule is CCNC(=NCCCC(=O)NC1CC1)NCCc1ccc(Cl)cc1.I. The summed E-state index contributed by atoms with van der Waals surface area (Å²) in [4.78, 5) is 16.1. The maximum absolute atomic E-state index is 11.6. The van der Waals surface area contributed by atoms with Gasteiger partial charge in [-0.05, 0) is 50.3 Å². The smallest absolute Gasteiger partial charge is 0.220 e. The van der Waals surface area contributed by atoms with Crippen LogP contribution in [0.2, 0.25) is 5.02 Å². The highest BCUT2D eigenvalue weighted by Gasteiger charge is 2.22. The molecule has 7 heteroatoms. The molecule has 0 saturated heterocycles. The van der Waals surface area contributed by atoms with Gasteiger partial charge in [0.1, 0.15) is 0 Å². The van der Waals surface area contributed by atoms with Crippen LogP contribution in [0.5, 0.6) is 0 Å². The van der Waals surface area contributed by atoms with Crippen LogP contribution in [0, 0.1) is 0 Å². The van der Waals surface area contributed by atoms with Crippen LogP contribution in [0.3, 0.4) is 0 Å². The van der Waals surface area contributed by atoms with E-state index in [1.54, 1.807) is 0 Å². The van der Waals surface area contributed by atoms with Gasteiger partial charge in [-0.2, -0.15) is 0 Å². The summed E-state index contributed by atoms with van der Waals surface area (Å²) in [6, 6.07) is 8.32. The zero-order chi connectivity index (χ0) is 17.2. The lowest BCUT2D eigenvalue weighted by Gasteiger charge is -2.11. The normalized spacial score (nSPS) is 13.8. The van der Waals surface area contributed by atoms with Gasteiger partial charge in [0.15, 0.2) is 5.96 Å². The van der Waals surface area contributed by atoms with E-state index in [9.17, 15) is 4.79 Å². The number of carbonyl (C=O) groups is 1. The Morgan fingerprint density at radius 3 is 2.60 bits per heavy atom. The first kappa shape index (κ1) is 22.0. The van der Waals surface area contributed by atoms with Crippen molar-refractivity contribution >= 4 is 47.4 Å². The lowest BCUT2D eigenvalue weighted by Crippen LogP contribution is -2.38. The molecule has 0 aliphatic heterocycles. The number of aliphatic imine (C=N–C) groups is 1. The molecule has 5 nitrogen and oxygen atoms in total. The van der Waals surface area contributed by atoms with Gasteiger partial charge < -0.3 is 16.0 Å². The van der Waals surface area contributed by atoms with Gasteiger partial charge in [-0.3, -0.25) is 9.79 Å². The predicted octanol–water partition coefficient (Wildman–Crippen LogP) is 3.11. The zero-order valence-electron chi connectivity index (χ0n) is 14.7. The van der Waals surface area contributed by atoms with Crippen LogP contribution in [0.4, 0.5) is 0 Å². The van der Waals surface area contributed by atoms with Crippen LogP contribution in [-0.4, -0.2) is 37.5 Å². The Kier molecular flexibility index (Phi) is 10.9. The molecular formula is C18H28ClIN4O. The van der Waals surface area contributed by atoms with Crippen molar-refractivity contribution in [3.05, 3.63) is 34.9 Å². The molecule has 2 rings (SSSR count). The minimum atomic E-state index is 0. The van der Waals surface area contributed by atoms with Crippen LogP contribution >= 0.6 is 35.6 Å². The van der Waals surface area contributed by atoms with Crippen molar-refractivity contribution in [2.24, 2.45) is 4.99 Å². The molecule has 0 bridgehead atoms. The standard InChI is InChI=1S/C18H27ClN4O.HI/c1-2-20-18(21-12-3-4-17(24)23-16-9-10-16)22-13-11-14-5-7-15(19)8-6-14;/h5-8,16H,2-4,9-13H2,1H3,(H,23,24)(H2,20,21,22);1H. The van der Waals surface area contributed by atoms with E-state index < -0.39 is 0 Å². The van der Waals surface area contributed by atoms with Gasteiger partial charge in [0.25, 0.3) is 0 Å². The second-order valence-corrected chi connectivity index (χ2v) is 6.45. The van der Waals surface area contributed by atoms with Gasteiger partial charge in [-0.1, -0.05) is 23.7 Å². The van der Waals surface area contributed by atoms with Gasteiger partial charge >= 0.3 is 0 Å². The lowest BCUT2D eigenvalue weighted by molar-refractivity contribution is -0.121. The fraction of sp³-hybridized carbons (Fsp3) is 0.556. The quantitative estimate of drug-likeness (QED) is 0.221. The number of rotatable bonds is 9. The second kappa shape index (κ2) is 12.4. The molecule has 0 radical (unpaired) electrons. The Hall–Kier alpha value is -1.02. The zero-order valence-corrected chi connectivity index (χ0v) is 17.8. The van der Waals surface area contributed by atoms with E-state index >= 15 is 0 Å². The van der Waals surface area contributed by atoms with Crippen LogP contribution in [0.25, 0.3) is 0 Å². The number of guanidine groups is 1. The molecule has 140 valence electrons. The van der Waals surface area contributed by atoms with E-state index in [1.165, 1.54) is 5.56 Å². The first-order chi connectivity index (χ1) is 11.7. The van der Waals surface area contributed by atoms with E-state index in [1.807, 2.05) is 31.2 Å². The Morgan fingerprint density at radius 2 is 1.96 bits per heavy atom. The molecule has 0 atom stereocenters. The number of nitrogens with zero attached hydrogens (tertiary/aromatic N) is 1. The average Bonchev–Trinajstić information content (AvgIpc) is 3.37. The highest BCUT2D eigenvalue weighted by Crippen LogP contribution is 2.18. The topological polar surface area (TPSA) is 65.5 Å². The third kappa shape index (κ3) is 9.89. The number of nitrogens with one attached hydrogen (secondary N) is 3. The molecule has 1 aromatic rings. The average molecular weight is 479 g/mol. The van der Waals surface area contributed by atoms with Crippen LogP contribution in [0.1, 0.15) is 38.2 Å². The molecule has 0 heterocycles. The molecule has 0 aromatic heterocycles. The van der Waals surface area contributed by atoms with E-state index in [4.69, 9.17) is 11.6 Å². The summed E-state index contributed by atoms with van der Waals surface area (Å²) in [6.07, 6.45) is 4.49. The van der Waals surface area contributed by atoms with Crippen molar-refractivity contribution in [2.45, 2.75) is 45.1 Å². The van der Waals surface area contributed by atoms with Crippen LogP contribution < -0.4 is 16.0 Å². The fourth-order valence-corrected chi connectivity index (χ4v) is 2.40. The number of carbonyl (C=O) groups excluding carboxylic acids is 1. The van der Waals surface area contributed by atoms with Crippen LogP contribution in [0.15, 0.2) is 29.3 Å². The Morgan fingerprint density at radius 1 is 1.24 bits per heavy atom. The van der Waals surface area contributed by atoms with Gasteiger partial charge in [0.05, 0.1) is 0 Å². The van der Waals surface area contributed by atoms with Gasteiger partial charge in [0.2, 0.25) is 5.91 Å². The van der Waals surface area contributed by atoms with Crippen molar-refractivity contribution in [1.29, 1.82) is 0 Å². The summed E-state index contributed by atoms with van der Waals surface area (Å²) in [7, 11) is 0. The number of amides is 1. The highest BCUT2D eigenvalue weighted by molar-refractivity contribution is 14.0. The first-order valence-corrected chi connectivity index (χ1v) is 9.11. The van der Waals surface area contributed by atoms with E-state index in [-0.39, 0.29) is 29.9 Å². The highest BCUT2D eigenvalue weighted by atomic mass is 127. The number of hydrogen-bond acceptors (Lipinski definition) is 2. The molecule has 1 aliphatic carbocycles. The van der Waals surface area contributed by atoms with Crippen molar-refractivity contribution in [2.75, 3.05) is 19.6 Å². The third-order valence-corrected chi connectivity index (χ3v) is 3.99. The number of benzene rings is 1. The third-order valence-electron chi connectivity index (χ3n) is 3.74. The molecular weight excluding hydrogens is 451 g/mol. The van der Waals surface area contributed by atoms with Crippen molar-refractivity contribution in [1.82, 2.24) is 16.0 Å². The molecule has 0 unspecified atom stereocenters. The van der Waals surface area contributed by atoms with Gasteiger partial charge in [-0.15, -0.1) is 24.0 Å². The fourth-order valence-electron chi connectivity index (χ4n) is 2.28. The van der Waals surface area contributed by atoms with E-state index in [0.717, 1.165) is 49.8 Å². The molecule has 1 aromatic carbocycles. The summed E-state index contributed by atoms with van der Waals surface area (Å²) >= 11 is 5.89. The molecule has 0 spiro atoms. The lowest BCUT2D eigenvalue weighted by atomic mass is 10.1. The summed E-state index contributed by atoms with van der Waals surface area (Å²) in [5.74, 6) is 0.947. The minimum Gasteiger partial charge on any atom is -0.357 e. The van der Waals surface area contributed by atoms with Crippen molar-refractivity contribution < 1.29 is 4.79 Å². The number of halogens is 2. The summed E-state index contributed by atoms with van der Waals surface area (Å²) in [5.41, 5.74) is 1.24. The maximum Gasteiger partial charge on any atom is 0.220 e. The molecule has 1 fully saturated rings. The number of hydrogen-bond donors (Lipinski definition) is 3. The van der Waals surface area contributed by atoms with E-state index in [2.05, 4.69) is 20.9 Å². The molecule has 3 N–H and O–H groups in total. The summed E-state index contributed by atoms with van der Waals surface area (Å²) in [6.45, 7) is 4.30. The predicted molar refractivity (Wildman–Crippen MR) is 115 cm³/mol.